The number of nitro benzene ring substituents is 1. The zero-order valence-electron chi connectivity index (χ0n) is 8.78. The summed E-state index contributed by atoms with van der Waals surface area (Å²) < 4.78 is 0.858. The van der Waals surface area contributed by atoms with Crippen molar-refractivity contribution in [1.29, 1.82) is 0 Å². The van der Waals surface area contributed by atoms with Gasteiger partial charge in [0.05, 0.1) is 4.92 Å². The van der Waals surface area contributed by atoms with Gasteiger partial charge in [0.2, 0.25) is 0 Å². The molecule has 0 aliphatic rings. The Hall–Kier alpha value is -0.890. The fourth-order valence-corrected chi connectivity index (χ4v) is 1.77. The summed E-state index contributed by atoms with van der Waals surface area (Å²) in [5.74, 6) is 0. The number of hydrogen-bond donors (Lipinski definition) is 2. The molecule has 0 fully saturated rings. The van der Waals surface area contributed by atoms with Crippen LogP contribution in [-0.4, -0.2) is 18.0 Å². The number of halogens is 1. The van der Waals surface area contributed by atoms with E-state index >= 15 is 0 Å². The largest absolute Gasteiger partial charge is 0.379 e. The van der Waals surface area contributed by atoms with Crippen molar-refractivity contribution >= 4 is 34.0 Å². The molecule has 6 heteroatoms. The molecule has 0 saturated carbocycles. The molecule has 1 rings (SSSR count). The van der Waals surface area contributed by atoms with Crippen LogP contribution in [0.2, 0.25) is 0 Å². The molecule has 0 saturated heterocycles. The zero-order chi connectivity index (χ0) is 12.0. The Kier molecular flexibility index (Phi) is 5.47. The summed E-state index contributed by atoms with van der Waals surface area (Å²) in [6, 6.07) is 5.15. The fraction of sp³-hybridized carbons (Fsp3) is 0.400. The molecule has 0 aliphatic heterocycles. The smallest absolute Gasteiger partial charge is 0.293 e. The molecule has 0 radical (unpaired) electrons. The van der Waals surface area contributed by atoms with Crippen LogP contribution in [0.15, 0.2) is 18.2 Å². The number of nitrogens with zero attached hydrogens (tertiary/aromatic N) is 1. The molecule has 16 heavy (non-hydrogen) atoms. The highest BCUT2D eigenvalue weighted by molar-refractivity contribution is 14.1. The van der Waals surface area contributed by atoms with Gasteiger partial charge in [-0.15, -0.1) is 0 Å². The van der Waals surface area contributed by atoms with Gasteiger partial charge in [-0.25, -0.2) is 0 Å². The topological polar surface area (TPSA) is 81.2 Å². The van der Waals surface area contributed by atoms with Crippen molar-refractivity contribution in [1.82, 2.24) is 0 Å². The lowest BCUT2D eigenvalue weighted by molar-refractivity contribution is -0.384. The van der Waals surface area contributed by atoms with Crippen LogP contribution in [0.25, 0.3) is 0 Å². The maximum atomic E-state index is 10.8. The second-order valence-corrected chi connectivity index (χ2v) is 4.59. The van der Waals surface area contributed by atoms with Crippen LogP contribution in [-0.2, 0) is 0 Å². The number of hydrogen-bond acceptors (Lipinski definition) is 4. The normalized spacial score (nSPS) is 10.1. The van der Waals surface area contributed by atoms with Crippen LogP contribution in [0.4, 0.5) is 11.4 Å². The Balaban J connectivity index is 2.67. The number of nitrogens with two attached hydrogens (primary N) is 1. The van der Waals surface area contributed by atoms with Crippen LogP contribution in [0.1, 0.15) is 12.8 Å². The Labute approximate surface area is 108 Å². The summed E-state index contributed by atoms with van der Waals surface area (Å²) >= 11 is 2.06. The summed E-state index contributed by atoms with van der Waals surface area (Å²) in [7, 11) is 0. The molecule has 5 nitrogen and oxygen atoms in total. The maximum absolute atomic E-state index is 10.8. The minimum atomic E-state index is -0.368. The Morgan fingerprint density at radius 1 is 1.44 bits per heavy atom. The third kappa shape index (κ3) is 3.93. The summed E-state index contributed by atoms with van der Waals surface area (Å²) in [5, 5.41) is 13.9. The van der Waals surface area contributed by atoms with E-state index in [0.717, 1.165) is 16.4 Å². The predicted molar refractivity (Wildman–Crippen MR) is 72.6 cm³/mol. The van der Waals surface area contributed by atoms with Gasteiger partial charge in [-0.3, -0.25) is 10.1 Å². The second kappa shape index (κ2) is 6.64. The first-order valence-electron chi connectivity index (χ1n) is 5.03. The average Bonchev–Trinajstić information content (AvgIpc) is 2.26. The summed E-state index contributed by atoms with van der Waals surface area (Å²) in [5.41, 5.74) is 6.07. The van der Waals surface area contributed by atoms with Gasteiger partial charge < -0.3 is 11.1 Å². The van der Waals surface area contributed by atoms with Crippen molar-refractivity contribution < 1.29 is 4.92 Å². The first-order chi connectivity index (χ1) is 7.65. The van der Waals surface area contributed by atoms with E-state index in [0.29, 0.717) is 18.8 Å². The zero-order valence-corrected chi connectivity index (χ0v) is 10.9. The number of nitrogens with one attached hydrogen (secondary N) is 1. The molecular weight excluding hydrogens is 321 g/mol. The van der Waals surface area contributed by atoms with E-state index in [1.807, 2.05) is 6.07 Å². The van der Waals surface area contributed by atoms with Gasteiger partial charge in [0.1, 0.15) is 5.69 Å². The minimum absolute atomic E-state index is 0.125. The van der Waals surface area contributed by atoms with E-state index in [4.69, 9.17) is 5.73 Å². The van der Waals surface area contributed by atoms with Gasteiger partial charge in [0, 0.05) is 16.2 Å². The van der Waals surface area contributed by atoms with Crippen molar-refractivity contribution in [2.24, 2.45) is 5.73 Å². The number of unbranched alkanes of at least 4 members (excludes halogenated alkanes) is 1. The highest BCUT2D eigenvalue weighted by Gasteiger charge is 2.13. The van der Waals surface area contributed by atoms with E-state index in [1.165, 1.54) is 0 Å². The fourth-order valence-electron chi connectivity index (χ4n) is 1.30. The third-order valence-electron chi connectivity index (χ3n) is 2.10. The monoisotopic (exact) mass is 335 g/mol. The van der Waals surface area contributed by atoms with Crippen LogP contribution in [0, 0.1) is 13.7 Å². The lowest BCUT2D eigenvalue weighted by atomic mass is 10.2. The first kappa shape index (κ1) is 13.2. The van der Waals surface area contributed by atoms with Crippen molar-refractivity contribution in [3.63, 3.8) is 0 Å². The predicted octanol–water partition coefficient (Wildman–Crippen LogP) is 2.35. The van der Waals surface area contributed by atoms with E-state index < -0.39 is 0 Å². The SMILES string of the molecule is NCCCCNc1ccc(I)cc1[N+](=O)[O-]. The molecule has 0 unspecified atom stereocenters. The quantitative estimate of drug-likeness (QED) is 0.362. The number of benzene rings is 1. The van der Waals surface area contributed by atoms with Gasteiger partial charge >= 0.3 is 0 Å². The van der Waals surface area contributed by atoms with Crippen molar-refractivity contribution in [3.8, 4) is 0 Å². The third-order valence-corrected chi connectivity index (χ3v) is 2.77. The van der Waals surface area contributed by atoms with E-state index in [-0.39, 0.29) is 10.6 Å². The lowest BCUT2D eigenvalue weighted by Gasteiger charge is -2.06. The van der Waals surface area contributed by atoms with Crippen LogP contribution < -0.4 is 11.1 Å². The molecule has 0 aliphatic carbocycles. The van der Waals surface area contributed by atoms with E-state index in [9.17, 15) is 10.1 Å². The molecule has 0 heterocycles. The van der Waals surface area contributed by atoms with Gasteiger partial charge in [0.25, 0.3) is 5.69 Å². The molecular formula is C10H14IN3O2. The van der Waals surface area contributed by atoms with Crippen LogP contribution >= 0.6 is 22.6 Å². The van der Waals surface area contributed by atoms with Gasteiger partial charge in [-0.05, 0) is 54.1 Å². The molecule has 0 aromatic heterocycles. The number of nitro groups is 1. The standard InChI is InChI=1S/C10H14IN3O2/c11-8-3-4-9(10(7-8)14(15)16)13-6-2-1-5-12/h3-4,7,13H,1-2,5-6,12H2. The average molecular weight is 335 g/mol. The highest BCUT2D eigenvalue weighted by atomic mass is 127. The van der Waals surface area contributed by atoms with Crippen molar-refractivity contribution in [2.75, 3.05) is 18.4 Å². The molecule has 88 valence electrons. The lowest BCUT2D eigenvalue weighted by Crippen LogP contribution is -2.07. The van der Waals surface area contributed by atoms with E-state index in [2.05, 4.69) is 27.9 Å². The summed E-state index contributed by atoms with van der Waals surface area (Å²) in [6.45, 7) is 1.36. The van der Waals surface area contributed by atoms with Crippen LogP contribution in [0.3, 0.4) is 0 Å². The molecule has 0 spiro atoms. The van der Waals surface area contributed by atoms with Crippen molar-refractivity contribution in [2.45, 2.75) is 12.8 Å². The first-order valence-corrected chi connectivity index (χ1v) is 6.11. The molecule has 0 atom stereocenters. The molecule has 0 amide bonds. The second-order valence-electron chi connectivity index (χ2n) is 3.34. The summed E-state index contributed by atoms with van der Waals surface area (Å²) in [6.07, 6.45) is 1.84. The molecule has 1 aromatic carbocycles. The minimum Gasteiger partial charge on any atom is -0.379 e. The Morgan fingerprint density at radius 3 is 2.81 bits per heavy atom. The number of anilines is 1. The van der Waals surface area contributed by atoms with E-state index in [1.54, 1.807) is 12.1 Å². The molecule has 1 aromatic rings. The van der Waals surface area contributed by atoms with Gasteiger partial charge in [0.15, 0.2) is 0 Å². The van der Waals surface area contributed by atoms with Crippen molar-refractivity contribution in [3.05, 3.63) is 31.9 Å². The molecule has 0 bridgehead atoms. The van der Waals surface area contributed by atoms with Crippen LogP contribution in [0.5, 0.6) is 0 Å². The van der Waals surface area contributed by atoms with Gasteiger partial charge in [-0.1, -0.05) is 0 Å². The highest BCUT2D eigenvalue weighted by Crippen LogP contribution is 2.26. The Bertz CT molecular complexity index is 371. The Morgan fingerprint density at radius 2 is 2.19 bits per heavy atom. The van der Waals surface area contributed by atoms with Gasteiger partial charge in [-0.2, -0.15) is 0 Å². The summed E-state index contributed by atoms with van der Waals surface area (Å²) in [4.78, 5) is 10.4. The molecule has 3 N–H and O–H groups in total. The number of rotatable bonds is 6. The maximum Gasteiger partial charge on any atom is 0.293 e.